The Morgan fingerprint density at radius 3 is 2.71 bits per heavy atom. The van der Waals surface area contributed by atoms with Crippen molar-refractivity contribution in [1.29, 1.82) is 0 Å². The summed E-state index contributed by atoms with van der Waals surface area (Å²) in [5, 5.41) is 2.98. The summed E-state index contributed by atoms with van der Waals surface area (Å²) < 4.78 is 0. The zero-order valence-corrected chi connectivity index (χ0v) is 9.99. The second-order valence-electron chi connectivity index (χ2n) is 4.64. The maximum absolute atomic E-state index is 11.5. The van der Waals surface area contributed by atoms with Gasteiger partial charge in [0, 0.05) is 6.04 Å². The van der Waals surface area contributed by atoms with Gasteiger partial charge < -0.3 is 11.1 Å². The van der Waals surface area contributed by atoms with Crippen LogP contribution in [-0.2, 0) is 4.79 Å². The van der Waals surface area contributed by atoms with Gasteiger partial charge in [0.15, 0.2) is 0 Å². The van der Waals surface area contributed by atoms with Crippen molar-refractivity contribution >= 4 is 17.7 Å². The zero-order chi connectivity index (χ0) is 10.8. The van der Waals surface area contributed by atoms with Gasteiger partial charge in [-0.15, -0.1) is 0 Å². The molecule has 1 rings (SSSR count). The van der Waals surface area contributed by atoms with Crippen LogP contribution in [0.15, 0.2) is 0 Å². The molecule has 0 aromatic rings. The molecule has 2 atom stereocenters. The van der Waals surface area contributed by atoms with Crippen molar-refractivity contribution in [2.45, 2.75) is 38.8 Å². The first kappa shape index (κ1) is 11.9. The van der Waals surface area contributed by atoms with Crippen molar-refractivity contribution in [3.63, 3.8) is 0 Å². The molecule has 1 saturated carbocycles. The third-order valence-electron chi connectivity index (χ3n) is 2.80. The third-order valence-corrected chi connectivity index (χ3v) is 3.44. The van der Waals surface area contributed by atoms with Crippen LogP contribution in [0.25, 0.3) is 0 Å². The molecule has 14 heavy (non-hydrogen) atoms. The lowest BCUT2D eigenvalue weighted by Gasteiger charge is -2.12. The molecule has 0 aromatic carbocycles. The first-order valence-corrected chi connectivity index (χ1v) is 6.41. The monoisotopic (exact) mass is 216 g/mol. The molecule has 0 saturated heterocycles. The standard InChI is InChI=1S/C10H20N2OS/c1-10(2)6-8(10)12-9(13)7(11)4-5-14-3/h7-8H,4-6,11H2,1-3H3,(H,12,13)/t7-,8?/m1/s1. The molecule has 1 fully saturated rings. The Morgan fingerprint density at radius 1 is 1.71 bits per heavy atom. The Balaban J connectivity index is 2.22. The van der Waals surface area contributed by atoms with Crippen molar-refractivity contribution in [2.24, 2.45) is 11.1 Å². The average molecular weight is 216 g/mol. The molecule has 0 spiro atoms. The molecule has 1 aliphatic rings. The van der Waals surface area contributed by atoms with Gasteiger partial charge in [0.1, 0.15) is 0 Å². The van der Waals surface area contributed by atoms with Gasteiger partial charge in [-0.25, -0.2) is 0 Å². The van der Waals surface area contributed by atoms with Crippen LogP contribution in [0.1, 0.15) is 26.7 Å². The van der Waals surface area contributed by atoms with Crippen LogP contribution < -0.4 is 11.1 Å². The van der Waals surface area contributed by atoms with E-state index in [9.17, 15) is 4.79 Å². The van der Waals surface area contributed by atoms with Gasteiger partial charge in [0.25, 0.3) is 0 Å². The van der Waals surface area contributed by atoms with Crippen LogP contribution in [0, 0.1) is 5.41 Å². The number of carbonyl (C=O) groups is 1. The van der Waals surface area contributed by atoms with E-state index in [1.165, 1.54) is 0 Å². The van der Waals surface area contributed by atoms with E-state index in [4.69, 9.17) is 5.73 Å². The van der Waals surface area contributed by atoms with Gasteiger partial charge in [-0.1, -0.05) is 13.8 Å². The molecule has 1 amide bonds. The smallest absolute Gasteiger partial charge is 0.237 e. The Bertz CT molecular complexity index is 218. The fourth-order valence-corrected chi connectivity index (χ4v) is 1.86. The molecule has 0 heterocycles. The molecule has 0 aliphatic heterocycles. The summed E-state index contributed by atoms with van der Waals surface area (Å²) in [5.41, 5.74) is 6.03. The minimum atomic E-state index is -0.334. The van der Waals surface area contributed by atoms with Gasteiger partial charge in [-0.3, -0.25) is 4.79 Å². The topological polar surface area (TPSA) is 55.1 Å². The lowest BCUT2D eigenvalue weighted by atomic mass is 10.2. The van der Waals surface area contributed by atoms with E-state index in [0.29, 0.717) is 6.04 Å². The van der Waals surface area contributed by atoms with Crippen LogP contribution in [0.4, 0.5) is 0 Å². The van der Waals surface area contributed by atoms with Crippen molar-refractivity contribution in [3.05, 3.63) is 0 Å². The maximum atomic E-state index is 11.5. The second kappa shape index (κ2) is 4.53. The fourth-order valence-electron chi connectivity index (χ4n) is 1.37. The zero-order valence-electron chi connectivity index (χ0n) is 9.17. The van der Waals surface area contributed by atoms with Crippen LogP contribution in [0.5, 0.6) is 0 Å². The first-order chi connectivity index (χ1) is 6.47. The largest absolute Gasteiger partial charge is 0.351 e. The summed E-state index contributed by atoms with van der Waals surface area (Å²) in [7, 11) is 0. The highest BCUT2D eigenvalue weighted by molar-refractivity contribution is 7.98. The molecule has 4 heteroatoms. The van der Waals surface area contributed by atoms with Crippen molar-refractivity contribution in [2.75, 3.05) is 12.0 Å². The van der Waals surface area contributed by atoms with Gasteiger partial charge in [-0.05, 0) is 30.3 Å². The van der Waals surface area contributed by atoms with E-state index >= 15 is 0 Å². The van der Waals surface area contributed by atoms with E-state index < -0.39 is 0 Å². The molecule has 0 radical (unpaired) electrons. The molecule has 1 unspecified atom stereocenters. The molecule has 0 aromatic heterocycles. The van der Waals surface area contributed by atoms with Crippen LogP contribution in [-0.4, -0.2) is 30.0 Å². The number of nitrogens with two attached hydrogens (primary N) is 1. The summed E-state index contributed by atoms with van der Waals surface area (Å²) in [6.07, 6.45) is 3.86. The molecular formula is C10H20N2OS. The van der Waals surface area contributed by atoms with Gasteiger partial charge >= 0.3 is 0 Å². The summed E-state index contributed by atoms with van der Waals surface area (Å²) in [6.45, 7) is 4.32. The molecule has 1 aliphatic carbocycles. The SMILES string of the molecule is CSCC[C@@H](N)C(=O)NC1CC1(C)C. The van der Waals surface area contributed by atoms with E-state index in [0.717, 1.165) is 18.6 Å². The molecule has 3 nitrogen and oxygen atoms in total. The minimum absolute atomic E-state index is 0.00891. The summed E-state index contributed by atoms with van der Waals surface area (Å²) in [4.78, 5) is 11.5. The Hall–Kier alpha value is -0.220. The van der Waals surface area contributed by atoms with Crippen LogP contribution in [0.2, 0.25) is 0 Å². The predicted octanol–water partition coefficient (Wildman–Crippen LogP) is 0.981. The lowest BCUT2D eigenvalue weighted by molar-refractivity contribution is -0.122. The van der Waals surface area contributed by atoms with E-state index in [-0.39, 0.29) is 17.4 Å². The number of hydrogen-bond acceptors (Lipinski definition) is 3. The first-order valence-electron chi connectivity index (χ1n) is 5.02. The Labute approximate surface area is 90.2 Å². The average Bonchev–Trinajstić information content (AvgIpc) is 2.69. The van der Waals surface area contributed by atoms with Gasteiger partial charge in [0.2, 0.25) is 5.91 Å². The normalized spacial score (nSPS) is 25.6. The highest BCUT2D eigenvalue weighted by atomic mass is 32.2. The summed E-state index contributed by atoms with van der Waals surface area (Å²) >= 11 is 1.72. The number of rotatable bonds is 5. The van der Waals surface area contributed by atoms with Crippen molar-refractivity contribution in [1.82, 2.24) is 5.32 Å². The number of carbonyl (C=O) groups excluding carboxylic acids is 1. The highest BCUT2D eigenvalue weighted by Gasteiger charge is 2.46. The van der Waals surface area contributed by atoms with Crippen molar-refractivity contribution < 1.29 is 4.79 Å². The minimum Gasteiger partial charge on any atom is -0.351 e. The molecule has 82 valence electrons. The van der Waals surface area contributed by atoms with Crippen LogP contribution in [0.3, 0.4) is 0 Å². The number of thioether (sulfide) groups is 1. The lowest BCUT2D eigenvalue weighted by Crippen LogP contribution is -2.42. The Kier molecular flexibility index (Phi) is 3.84. The number of nitrogens with one attached hydrogen (secondary N) is 1. The second-order valence-corrected chi connectivity index (χ2v) is 5.63. The van der Waals surface area contributed by atoms with Gasteiger partial charge in [-0.2, -0.15) is 11.8 Å². The number of amides is 1. The van der Waals surface area contributed by atoms with E-state index in [2.05, 4.69) is 19.2 Å². The summed E-state index contributed by atoms with van der Waals surface area (Å²) in [5.74, 6) is 0.956. The van der Waals surface area contributed by atoms with Gasteiger partial charge in [0.05, 0.1) is 6.04 Å². The van der Waals surface area contributed by atoms with Crippen LogP contribution >= 0.6 is 11.8 Å². The molecule has 3 N–H and O–H groups in total. The number of hydrogen-bond donors (Lipinski definition) is 2. The van der Waals surface area contributed by atoms with E-state index in [1.54, 1.807) is 11.8 Å². The highest BCUT2D eigenvalue weighted by Crippen LogP contribution is 2.44. The third kappa shape index (κ3) is 3.17. The quantitative estimate of drug-likeness (QED) is 0.720. The predicted molar refractivity (Wildman–Crippen MR) is 61.3 cm³/mol. The van der Waals surface area contributed by atoms with E-state index in [1.807, 2.05) is 6.26 Å². The molecular weight excluding hydrogens is 196 g/mol. The fraction of sp³-hybridized carbons (Fsp3) is 0.900. The summed E-state index contributed by atoms with van der Waals surface area (Å²) in [6, 6.07) is 0.00850. The maximum Gasteiger partial charge on any atom is 0.237 e. The van der Waals surface area contributed by atoms with Crippen molar-refractivity contribution in [3.8, 4) is 0 Å². The molecule has 0 bridgehead atoms. The Morgan fingerprint density at radius 2 is 2.29 bits per heavy atom.